The van der Waals surface area contributed by atoms with Gasteiger partial charge in [0.25, 0.3) is 5.91 Å². The molecule has 10 heteroatoms. The summed E-state index contributed by atoms with van der Waals surface area (Å²) in [5, 5.41) is 2.87. The van der Waals surface area contributed by atoms with Crippen molar-refractivity contribution in [2.75, 3.05) is 21.3 Å². The molecule has 152 valence electrons. The molecule has 2 heterocycles. The van der Waals surface area contributed by atoms with Gasteiger partial charge >= 0.3 is 12.0 Å². The number of nitrogens with zero attached hydrogens (tertiary/aromatic N) is 1. The molecule has 1 N–H and O–H groups in total. The summed E-state index contributed by atoms with van der Waals surface area (Å²) < 4.78 is 20.4. The summed E-state index contributed by atoms with van der Waals surface area (Å²) in [5.41, 5.74) is 0.477. The maximum atomic E-state index is 12.7. The Balaban J connectivity index is 1.86. The molecule has 1 aromatic heterocycles. The highest BCUT2D eigenvalue weighted by Crippen LogP contribution is 2.36. The lowest BCUT2D eigenvalue weighted by Crippen LogP contribution is -2.30. The Morgan fingerprint density at radius 1 is 1.21 bits per heavy atom. The highest BCUT2D eigenvalue weighted by atomic mass is 35.5. The summed E-state index contributed by atoms with van der Waals surface area (Å²) in [7, 11) is 4.13. The van der Waals surface area contributed by atoms with Crippen molar-refractivity contribution >= 4 is 35.6 Å². The summed E-state index contributed by atoms with van der Waals surface area (Å²) in [6, 6.07) is 5.40. The second kappa shape index (κ2) is 8.27. The maximum absolute atomic E-state index is 12.7. The molecule has 0 radical (unpaired) electrons. The van der Waals surface area contributed by atoms with Gasteiger partial charge in [-0.15, -0.1) is 0 Å². The van der Waals surface area contributed by atoms with Crippen LogP contribution in [0.15, 0.2) is 34.4 Å². The molecular formula is C19H17ClN2O7. The quantitative estimate of drug-likeness (QED) is 0.435. The Morgan fingerprint density at radius 2 is 1.97 bits per heavy atom. The SMILES string of the molecule is COC(=O)c1ccc(CN2C(=O)N/C(=C/c3cc(Cl)cc(OC)c3OC)C2=O)o1. The van der Waals surface area contributed by atoms with Crippen molar-refractivity contribution in [3.63, 3.8) is 0 Å². The zero-order valence-corrected chi connectivity index (χ0v) is 16.5. The number of benzene rings is 1. The standard InChI is InChI=1S/C19H17ClN2O7/c1-26-15-8-11(20)6-10(16(15)27-2)7-13-17(23)22(19(25)21-13)9-12-4-5-14(29-12)18(24)28-3/h4-8H,9H2,1-3H3,(H,21,25)/b13-7+. The van der Waals surface area contributed by atoms with Gasteiger partial charge in [0.15, 0.2) is 11.5 Å². The van der Waals surface area contributed by atoms with Crippen molar-refractivity contribution in [1.82, 2.24) is 10.2 Å². The van der Waals surface area contributed by atoms with Crippen LogP contribution < -0.4 is 14.8 Å². The summed E-state index contributed by atoms with van der Waals surface area (Å²) in [4.78, 5) is 37.4. The van der Waals surface area contributed by atoms with Gasteiger partial charge in [0.2, 0.25) is 5.76 Å². The van der Waals surface area contributed by atoms with Crippen LogP contribution in [0.4, 0.5) is 4.79 Å². The summed E-state index contributed by atoms with van der Waals surface area (Å²) in [6.45, 7) is -0.158. The monoisotopic (exact) mass is 420 g/mol. The Labute approximate surface area is 170 Å². The first-order valence-electron chi connectivity index (χ1n) is 8.31. The first-order valence-corrected chi connectivity index (χ1v) is 8.68. The highest BCUT2D eigenvalue weighted by Gasteiger charge is 2.34. The number of halogens is 1. The lowest BCUT2D eigenvalue weighted by molar-refractivity contribution is -0.123. The van der Waals surface area contributed by atoms with E-state index in [1.54, 1.807) is 12.1 Å². The molecule has 3 amide bonds. The number of rotatable bonds is 6. The first-order chi connectivity index (χ1) is 13.9. The van der Waals surface area contributed by atoms with E-state index in [-0.39, 0.29) is 23.8 Å². The number of amides is 3. The number of hydrogen-bond acceptors (Lipinski definition) is 7. The second-order valence-corrected chi connectivity index (χ2v) is 6.30. The molecule has 1 aromatic carbocycles. The van der Waals surface area contributed by atoms with Crippen LogP contribution in [0.5, 0.6) is 11.5 Å². The zero-order chi connectivity index (χ0) is 21.1. The highest BCUT2D eigenvalue weighted by molar-refractivity contribution is 6.31. The third-order valence-electron chi connectivity index (χ3n) is 4.10. The first kappa shape index (κ1) is 20.3. The third-order valence-corrected chi connectivity index (χ3v) is 4.31. The van der Waals surface area contributed by atoms with Crippen LogP contribution in [-0.2, 0) is 16.1 Å². The number of hydrogen-bond donors (Lipinski definition) is 1. The van der Waals surface area contributed by atoms with E-state index < -0.39 is 17.9 Å². The summed E-state index contributed by atoms with van der Waals surface area (Å²) in [6.07, 6.45) is 1.44. The molecule has 2 aromatic rings. The predicted molar refractivity (Wildman–Crippen MR) is 102 cm³/mol. The number of furan rings is 1. The number of methoxy groups -OCH3 is 3. The number of imide groups is 1. The van der Waals surface area contributed by atoms with E-state index in [2.05, 4.69) is 10.1 Å². The minimum absolute atomic E-state index is 0.0253. The van der Waals surface area contributed by atoms with E-state index in [1.807, 2.05) is 0 Å². The van der Waals surface area contributed by atoms with Gasteiger partial charge in [-0.3, -0.25) is 9.69 Å². The van der Waals surface area contributed by atoms with Crippen molar-refractivity contribution in [3.05, 3.63) is 52.1 Å². The van der Waals surface area contributed by atoms with Crippen LogP contribution in [0.2, 0.25) is 5.02 Å². The van der Waals surface area contributed by atoms with Crippen molar-refractivity contribution in [1.29, 1.82) is 0 Å². The number of carbonyl (C=O) groups excluding carboxylic acids is 3. The Bertz CT molecular complexity index is 1010. The van der Waals surface area contributed by atoms with Crippen LogP contribution in [-0.4, -0.2) is 44.1 Å². The largest absolute Gasteiger partial charge is 0.493 e. The van der Waals surface area contributed by atoms with Gasteiger partial charge in [-0.2, -0.15) is 0 Å². The molecule has 1 saturated heterocycles. The van der Waals surface area contributed by atoms with E-state index in [4.69, 9.17) is 25.5 Å². The minimum Gasteiger partial charge on any atom is -0.493 e. The Kier molecular flexibility index (Phi) is 5.79. The van der Waals surface area contributed by atoms with Crippen LogP contribution in [0.3, 0.4) is 0 Å². The molecule has 0 unspecified atom stereocenters. The number of carbonyl (C=O) groups is 3. The molecule has 0 spiro atoms. The topological polar surface area (TPSA) is 107 Å². The van der Waals surface area contributed by atoms with E-state index in [0.29, 0.717) is 22.1 Å². The van der Waals surface area contributed by atoms with Crippen molar-refractivity contribution in [2.45, 2.75) is 6.54 Å². The zero-order valence-electron chi connectivity index (χ0n) is 15.8. The molecule has 9 nitrogen and oxygen atoms in total. The number of ether oxygens (including phenoxy) is 3. The van der Waals surface area contributed by atoms with Gasteiger partial charge in [0, 0.05) is 16.7 Å². The molecule has 1 aliphatic heterocycles. The number of nitrogens with one attached hydrogen (secondary N) is 1. The summed E-state index contributed by atoms with van der Waals surface area (Å²) in [5.74, 6) is -0.272. The van der Waals surface area contributed by atoms with Crippen LogP contribution in [0.1, 0.15) is 21.9 Å². The lowest BCUT2D eigenvalue weighted by atomic mass is 10.1. The van der Waals surface area contributed by atoms with Gasteiger partial charge in [0.1, 0.15) is 11.5 Å². The van der Waals surface area contributed by atoms with Crippen molar-refractivity contribution in [3.8, 4) is 11.5 Å². The fourth-order valence-electron chi connectivity index (χ4n) is 2.77. The molecule has 0 saturated carbocycles. The number of urea groups is 1. The smallest absolute Gasteiger partial charge is 0.373 e. The number of esters is 1. The predicted octanol–water partition coefficient (Wildman–Crippen LogP) is 2.83. The van der Waals surface area contributed by atoms with Crippen LogP contribution in [0, 0.1) is 0 Å². The normalized spacial score (nSPS) is 14.9. The van der Waals surface area contributed by atoms with Crippen LogP contribution in [0.25, 0.3) is 6.08 Å². The second-order valence-electron chi connectivity index (χ2n) is 5.87. The van der Waals surface area contributed by atoms with E-state index in [0.717, 1.165) is 4.90 Å². The Hall–Kier alpha value is -3.46. The molecule has 1 fully saturated rings. The van der Waals surface area contributed by atoms with Gasteiger partial charge in [-0.1, -0.05) is 11.6 Å². The van der Waals surface area contributed by atoms with Crippen molar-refractivity contribution < 1.29 is 33.0 Å². The fourth-order valence-corrected chi connectivity index (χ4v) is 2.98. The fraction of sp³-hybridized carbons (Fsp3) is 0.211. The van der Waals surface area contributed by atoms with E-state index in [9.17, 15) is 14.4 Å². The van der Waals surface area contributed by atoms with E-state index >= 15 is 0 Å². The average Bonchev–Trinajstić information content (AvgIpc) is 3.27. The van der Waals surface area contributed by atoms with Gasteiger partial charge in [-0.25, -0.2) is 9.59 Å². The van der Waals surface area contributed by atoms with Crippen LogP contribution >= 0.6 is 11.6 Å². The summed E-state index contributed by atoms with van der Waals surface area (Å²) >= 11 is 6.09. The van der Waals surface area contributed by atoms with Gasteiger partial charge in [-0.05, 0) is 24.3 Å². The Morgan fingerprint density at radius 3 is 2.62 bits per heavy atom. The minimum atomic E-state index is -0.656. The third kappa shape index (κ3) is 4.04. The molecule has 1 aliphatic rings. The van der Waals surface area contributed by atoms with Crippen molar-refractivity contribution in [2.24, 2.45) is 0 Å². The van der Waals surface area contributed by atoms with Gasteiger partial charge in [0.05, 0.1) is 27.9 Å². The average molecular weight is 421 g/mol. The molecule has 0 atom stereocenters. The molecular weight excluding hydrogens is 404 g/mol. The molecule has 29 heavy (non-hydrogen) atoms. The molecule has 3 rings (SSSR count). The molecule has 0 bridgehead atoms. The van der Waals surface area contributed by atoms with E-state index in [1.165, 1.54) is 39.5 Å². The molecule has 0 aliphatic carbocycles. The van der Waals surface area contributed by atoms with Gasteiger partial charge < -0.3 is 23.9 Å². The maximum Gasteiger partial charge on any atom is 0.373 e. The lowest BCUT2D eigenvalue weighted by Gasteiger charge is -2.11.